The Labute approximate surface area is 159 Å². The van der Waals surface area contributed by atoms with Gasteiger partial charge in [0.2, 0.25) is 5.91 Å². The van der Waals surface area contributed by atoms with Crippen molar-refractivity contribution in [3.05, 3.63) is 53.6 Å². The van der Waals surface area contributed by atoms with E-state index in [1.54, 1.807) is 6.08 Å². The first-order valence-corrected chi connectivity index (χ1v) is 9.27. The largest absolute Gasteiger partial charge is 0.494 e. The van der Waals surface area contributed by atoms with Gasteiger partial charge in [-0.15, -0.1) is 0 Å². The maximum atomic E-state index is 12.4. The molecule has 5 nitrogen and oxygen atoms in total. The number of fused-ring (bicyclic) bond motifs is 1. The van der Waals surface area contributed by atoms with Crippen molar-refractivity contribution in [1.29, 1.82) is 0 Å². The van der Waals surface area contributed by atoms with E-state index in [0.29, 0.717) is 24.7 Å². The van der Waals surface area contributed by atoms with Crippen molar-refractivity contribution >= 4 is 17.7 Å². The first kappa shape index (κ1) is 18.8. The van der Waals surface area contributed by atoms with Crippen LogP contribution in [0.2, 0.25) is 0 Å². The van der Waals surface area contributed by atoms with Crippen LogP contribution in [-0.4, -0.2) is 25.2 Å². The molecule has 5 heteroatoms. The summed E-state index contributed by atoms with van der Waals surface area (Å²) in [4.78, 5) is 12.4. The van der Waals surface area contributed by atoms with Crippen LogP contribution in [0.1, 0.15) is 31.9 Å². The molecule has 0 aromatic heterocycles. The molecule has 2 aromatic carbocycles. The van der Waals surface area contributed by atoms with Gasteiger partial charge < -0.3 is 19.5 Å². The van der Waals surface area contributed by atoms with Gasteiger partial charge >= 0.3 is 0 Å². The van der Waals surface area contributed by atoms with E-state index in [1.807, 2.05) is 57.2 Å². The van der Waals surface area contributed by atoms with Crippen molar-refractivity contribution in [1.82, 2.24) is 0 Å². The summed E-state index contributed by atoms with van der Waals surface area (Å²) in [5, 5.41) is 2.89. The second-order valence-corrected chi connectivity index (χ2v) is 6.35. The molecule has 0 saturated heterocycles. The normalized spacial score (nSPS) is 15.3. The second kappa shape index (κ2) is 8.62. The summed E-state index contributed by atoms with van der Waals surface area (Å²) in [5.74, 6) is 2.05. The highest BCUT2D eigenvalue weighted by Crippen LogP contribution is 2.38. The van der Waals surface area contributed by atoms with E-state index in [-0.39, 0.29) is 12.0 Å². The number of carbonyl (C=O) groups is 1. The smallest absolute Gasteiger partial charge is 0.248 e. The van der Waals surface area contributed by atoms with Crippen molar-refractivity contribution in [2.24, 2.45) is 0 Å². The van der Waals surface area contributed by atoms with Gasteiger partial charge in [0, 0.05) is 24.1 Å². The zero-order valence-corrected chi connectivity index (χ0v) is 16.0. The molecule has 1 atom stereocenters. The molecule has 3 rings (SSSR count). The molecule has 0 radical (unpaired) electrons. The molecule has 1 heterocycles. The highest BCUT2D eigenvalue weighted by molar-refractivity contribution is 6.03. The number of hydrogen-bond acceptors (Lipinski definition) is 4. The monoisotopic (exact) mass is 367 g/mol. The Hall–Kier alpha value is -2.95. The molecule has 1 aliphatic heterocycles. The Morgan fingerprint density at radius 1 is 1.19 bits per heavy atom. The molecule has 1 amide bonds. The van der Waals surface area contributed by atoms with Crippen LogP contribution in [0.3, 0.4) is 0 Å². The van der Waals surface area contributed by atoms with Crippen LogP contribution in [0.15, 0.2) is 42.5 Å². The lowest BCUT2D eigenvalue weighted by Crippen LogP contribution is -2.10. The molecule has 1 aliphatic rings. The van der Waals surface area contributed by atoms with Crippen molar-refractivity contribution < 1.29 is 19.0 Å². The van der Waals surface area contributed by atoms with E-state index in [4.69, 9.17) is 14.2 Å². The fraction of sp³-hybridized carbons (Fsp3) is 0.318. The Bertz CT molecular complexity index is 827. The van der Waals surface area contributed by atoms with Crippen LogP contribution in [0, 0.1) is 0 Å². The van der Waals surface area contributed by atoms with Gasteiger partial charge in [0.1, 0.15) is 23.4 Å². The Morgan fingerprint density at radius 3 is 2.63 bits per heavy atom. The van der Waals surface area contributed by atoms with Crippen molar-refractivity contribution in [3.63, 3.8) is 0 Å². The van der Waals surface area contributed by atoms with E-state index in [0.717, 1.165) is 29.0 Å². The van der Waals surface area contributed by atoms with Crippen LogP contribution in [-0.2, 0) is 11.2 Å². The number of benzene rings is 2. The molecule has 142 valence electrons. The maximum absolute atomic E-state index is 12.4. The first-order chi connectivity index (χ1) is 13.1. The molecule has 1 N–H and O–H groups in total. The maximum Gasteiger partial charge on any atom is 0.248 e. The number of nitrogens with one attached hydrogen (secondary N) is 1. The number of rotatable bonds is 7. The number of carbonyl (C=O) groups excluding carboxylic acids is 1. The minimum Gasteiger partial charge on any atom is -0.494 e. The van der Waals surface area contributed by atoms with Gasteiger partial charge in [0.25, 0.3) is 0 Å². The lowest BCUT2D eigenvalue weighted by Gasteiger charge is -2.12. The topological polar surface area (TPSA) is 56.8 Å². The summed E-state index contributed by atoms with van der Waals surface area (Å²) >= 11 is 0. The van der Waals surface area contributed by atoms with Crippen LogP contribution in [0.25, 0.3) is 6.08 Å². The first-order valence-electron chi connectivity index (χ1n) is 9.27. The summed E-state index contributed by atoms with van der Waals surface area (Å²) in [5.41, 5.74) is 2.64. The van der Waals surface area contributed by atoms with Crippen molar-refractivity contribution in [3.8, 4) is 17.2 Å². The molecule has 1 unspecified atom stereocenters. The average molecular weight is 367 g/mol. The van der Waals surface area contributed by atoms with Gasteiger partial charge in [-0.25, -0.2) is 0 Å². The molecule has 0 spiro atoms. The van der Waals surface area contributed by atoms with Gasteiger partial charge in [-0.2, -0.15) is 0 Å². The SMILES string of the molecule is CCOc1ccc(/C=C/C(=O)Nc2cc3c(cc2OCC)CC(C)O3)cc1. The van der Waals surface area contributed by atoms with Crippen molar-refractivity contribution in [2.75, 3.05) is 18.5 Å². The molecule has 0 aliphatic carbocycles. The van der Waals surface area contributed by atoms with Crippen molar-refractivity contribution in [2.45, 2.75) is 33.3 Å². The summed E-state index contributed by atoms with van der Waals surface area (Å²) in [6, 6.07) is 11.4. The number of anilines is 1. The Morgan fingerprint density at radius 2 is 1.93 bits per heavy atom. The fourth-order valence-corrected chi connectivity index (χ4v) is 3.00. The lowest BCUT2D eigenvalue weighted by atomic mass is 10.1. The highest BCUT2D eigenvalue weighted by Gasteiger charge is 2.22. The number of ether oxygens (including phenoxy) is 3. The van der Waals surface area contributed by atoms with E-state index < -0.39 is 0 Å². The van der Waals surface area contributed by atoms with Gasteiger partial charge in [0.05, 0.1) is 18.9 Å². The van der Waals surface area contributed by atoms with Gasteiger partial charge in [0.15, 0.2) is 0 Å². The minimum atomic E-state index is -0.226. The highest BCUT2D eigenvalue weighted by atomic mass is 16.5. The number of amides is 1. The molecule has 27 heavy (non-hydrogen) atoms. The minimum absolute atomic E-state index is 0.139. The third kappa shape index (κ3) is 4.82. The zero-order valence-electron chi connectivity index (χ0n) is 16.0. The fourth-order valence-electron chi connectivity index (χ4n) is 3.00. The summed E-state index contributed by atoms with van der Waals surface area (Å²) in [6.07, 6.45) is 4.25. The Balaban J connectivity index is 1.70. The standard InChI is InChI=1S/C22H25NO4/c1-4-25-18-9-6-16(7-10-18)8-11-22(24)23-19-14-20-17(12-15(3)27-20)13-21(19)26-5-2/h6-11,13-15H,4-5,12H2,1-3H3,(H,23,24)/b11-8+. The zero-order chi connectivity index (χ0) is 19.2. The van der Waals surface area contributed by atoms with Crippen LogP contribution < -0.4 is 19.5 Å². The lowest BCUT2D eigenvalue weighted by molar-refractivity contribution is -0.111. The van der Waals surface area contributed by atoms with E-state index in [1.165, 1.54) is 6.08 Å². The average Bonchev–Trinajstić information content (AvgIpc) is 3.01. The third-order valence-electron chi connectivity index (χ3n) is 4.17. The molecule has 0 bridgehead atoms. The molecular weight excluding hydrogens is 342 g/mol. The van der Waals surface area contributed by atoms with Gasteiger partial charge in [-0.3, -0.25) is 4.79 Å². The molecule has 2 aromatic rings. The second-order valence-electron chi connectivity index (χ2n) is 6.35. The predicted molar refractivity (Wildman–Crippen MR) is 107 cm³/mol. The Kier molecular flexibility index (Phi) is 6.01. The third-order valence-corrected chi connectivity index (χ3v) is 4.17. The molecular formula is C22H25NO4. The van der Waals surface area contributed by atoms with Gasteiger partial charge in [-0.05, 0) is 50.6 Å². The molecule has 0 saturated carbocycles. The predicted octanol–water partition coefficient (Wildman–Crippen LogP) is 4.46. The van der Waals surface area contributed by atoms with Gasteiger partial charge in [-0.1, -0.05) is 12.1 Å². The summed E-state index contributed by atoms with van der Waals surface area (Å²) in [7, 11) is 0. The van der Waals surface area contributed by atoms with Crippen LogP contribution in [0.5, 0.6) is 17.2 Å². The van der Waals surface area contributed by atoms with E-state index >= 15 is 0 Å². The quantitative estimate of drug-likeness (QED) is 0.734. The van der Waals surface area contributed by atoms with Crippen LogP contribution >= 0.6 is 0 Å². The van der Waals surface area contributed by atoms with E-state index in [2.05, 4.69) is 5.32 Å². The molecule has 0 fully saturated rings. The summed E-state index contributed by atoms with van der Waals surface area (Å²) in [6.45, 7) is 7.05. The number of hydrogen-bond donors (Lipinski definition) is 1. The summed E-state index contributed by atoms with van der Waals surface area (Å²) < 4.78 is 16.9. The van der Waals surface area contributed by atoms with Crippen LogP contribution in [0.4, 0.5) is 5.69 Å². The van der Waals surface area contributed by atoms with E-state index in [9.17, 15) is 4.79 Å².